The highest BCUT2D eigenvalue weighted by Gasteiger charge is 2.45. The summed E-state index contributed by atoms with van der Waals surface area (Å²) >= 11 is 0. The lowest BCUT2D eigenvalue weighted by Crippen LogP contribution is -2.61. The van der Waals surface area contributed by atoms with Crippen molar-refractivity contribution in [2.45, 2.75) is 148 Å². The lowest BCUT2D eigenvalue weighted by molar-refractivity contribution is -0.149. The van der Waals surface area contributed by atoms with Crippen LogP contribution >= 0.6 is 0 Å². The van der Waals surface area contributed by atoms with Crippen LogP contribution in [-0.2, 0) is 62.3 Å². The van der Waals surface area contributed by atoms with Gasteiger partial charge in [0.05, 0.1) is 25.6 Å². The van der Waals surface area contributed by atoms with Gasteiger partial charge >= 0.3 is 5.97 Å². The number of rotatable bonds is 26. The quantitative estimate of drug-likeness (QED) is 0.0384. The Morgan fingerprint density at radius 1 is 0.609 bits per heavy atom. The number of aliphatic carboxylic acids is 1. The molecule has 0 aromatic rings. The first-order chi connectivity index (χ1) is 32.2. The van der Waals surface area contributed by atoms with Crippen LogP contribution in [0.25, 0.3) is 0 Å². The van der Waals surface area contributed by atoms with E-state index in [4.69, 9.17) is 11.5 Å². The van der Waals surface area contributed by atoms with E-state index < -0.39 is 157 Å². The third-order valence-electron chi connectivity index (χ3n) is 11.2. The van der Waals surface area contributed by atoms with Crippen LogP contribution in [0.3, 0.4) is 0 Å². The number of amides is 12. The molecule has 386 valence electrons. The number of carbonyl (C=O) groups is 13. The number of nitrogens with one attached hydrogen (secondary N) is 8. The maximum Gasteiger partial charge on any atom is 0.305 e. The molecule has 0 radical (unpaired) electrons. The Bertz CT molecular complexity index is 1960. The van der Waals surface area contributed by atoms with Gasteiger partial charge in [-0.05, 0) is 57.8 Å². The van der Waals surface area contributed by atoms with Crippen LogP contribution in [0.15, 0.2) is 0 Å². The fourth-order valence-corrected chi connectivity index (χ4v) is 7.59. The highest BCUT2D eigenvalue weighted by atomic mass is 16.4. The predicted octanol–water partition coefficient (Wildman–Crippen LogP) is -5.93. The summed E-state index contributed by atoms with van der Waals surface area (Å²) in [6.07, 6.45) is -2.01. The van der Waals surface area contributed by atoms with E-state index in [2.05, 4.69) is 42.5 Å². The van der Waals surface area contributed by atoms with Crippen LogP contribution in [0.1, 0.15) is 93.4 Å². The number of aliphatic hydroxyl groups excluding tert-OH is 1. The van der Waals surface area contributed by atoms with Crippen LogP contribution in [0.5, 0.6) is 0 Å². The SMILES string of the molecule is CC(=O)N[C@@H](CCC(N)=O)C(=O)NCC(=O)N[C@@H](C)C(=O)N[C@@H](CC(=O)O)C(=O)N[C@H](C(=O)N1CCC[C@H]1C(=O)N1CCC[C@H]1C(=O)N[C@H](C(=O)NCC(=O)N[C@H](C(N)=O)C(C)C)C(C)C)[C@@H](C)O. The van der Waals surface area contributed by atoms with Gasteiger partial charge in [-0.3, -0.25) is 62.3 Å². The first-order valence-corrected chi connectivity index (χ1v) is 22.6. The molecule has 2 rings (SSSR count). The van der Waals surface area contributed by atoms with Gasteiger partial charge in [0, 0.05) is 26.4 Å². The molecule has 2 aliphatic heterocycles. The second-order valence-electron chi connectivity index (χ2n) is 17.7. The summed E-state index contributed by atoms with van der Waals surface area (Å²) in [5.74, 6) is -12.1. The van der Waals surface area contributed by atoms with E-state index in [1.807, 2.05) is 0 Å². The smallest absolute Gasteiger partial charge is 0.305 e. The predicted molar refractivity (Wildman–Crippen MR) is 240 cm³/mol. The summed E-state index contributed by atoms with van der Waals surface area (Å²) in [5, 5.41) is 39.1. The van der Waals surface area contributed by atoms with Gasteiger partial charge in [-0.1, -0.05) is 27.7 Å². The van der Waals surface area contributed by atoms with E-state index in [1.54, 1.807) is 27.7 Å². The first-order valence-electron chi connectivity index (χ1n) is 22.6. The number of primary amides is 2. The van der Waals surface area contributed by atoms with Gasteiger partial charge in [0.1, 0.15) is 48.3 Å². The molecule has 2 fully saturated rings. The largest absolute Gasteiger partial charge is 0.481 e. The molecule has 27 nitrogen and oxygen atoms in total. The molecule has 14 N–H and O–H groups in total. The van der Waals surface area contributed by atoms with E-state index in [9.17, 15) is 72.5 Å². The monoisotopic (exact) mass is 980 g/mol. The third-order valence-corrected chi connectivity index (χ3v) is 11.2. The van der Waals surface area contributed by atoms with Crippen LogP contribution in [0.2, 0.25) is 0 Å². The summed E-state index contributed by atoms with van der Waals surface area (Å²) in [6.45, 7) is 9.01. The molecule has 0 spiro atoms. The van der Waals surface area contributed by atoms with Gasteiger partial charge in [0.15, 0.2) is 0 Å². The average Bonchev–Trinajstić information content (AvgIpc) is 3.96. The van der Waals surface area contributed by atoms with Crippen molar-refractivity contribution in [3.05, 3.63) is 0 Å². The third kappa shape index (κ3) is 18.2. The Balaban J connectivity index is 2.13. The molecule has 69 heavy (non-hydrogen) atoms. The summed E-state index contributed by atoms with van der Waals surface area (Å²) in [5.41, 5.74) is 10.5. The summed E-state index contributed by atoms with van der Waals surface area (Å²) in [7, 11) is 0. The molecule has 27 heteroatoms. The van der Waals surface area contributed by atoms with E-state index in [0.717, 1.165) is 18.7 Å². The molecule has 9 atom stereocenters. The van der Waals surface area contributed by atoms with Gasteiger partial charge in [-0.2, -0.15) is 0 Å². The zero-order valence-electron chi connectivity index (χ0n) is 39.9. The number of likely N-dealkylation sites (tertiary alicyclic amines) is 2. The van der Waals surface area contributed by atoms with Crippen molar-refractivity contribution in [1.82, 2.24) is 52.3 Å². The second kappa shape index (κ2) is 27.2. The Morgan fingerprint density at radius 2 is 1.16 bits per heavy atom. The van der Waals surface area contributed by atoms with E-state index in [0.29, 0.717) is 12.8 Å². The van der Waals surface area contributed by atoms with Crippen LogP contribution < -0.4 is 54.0 Å². The van der Waals surface area contributed by atoms with Gasteiger partial charge in [-0.15, -0.1) is 0 Å². The Kier molecular flexibility index (Phi) is 22.9. The van der Waals surface area contributed by atoms with E-state index >= 15 is 0 Å². The molecule has 12 amide bonds. The summed E-state index contributed by atoms with van der Waals surface area (Å²) in [6, 6.07) is -10.6. The number of aliphatic hydroxyl groups is 1. The van der Waals surface area contributed by atoms with E-state index in [-0.39, 0.29) is 44.7 Å². The fourth-order valence-electron chi connectivity index (χ4n) is 7.59. The highest BCUT2D eigenvalue weighted by Crippen LogP contribution is 2.26. The number of carbonyl (C=O) groups excluding carboxylic acids is 12. The van der Waals surface area contributed by atoms with Crippen molar-refractivity contribution >= 4 is 76.9 Å². The van der Waals surface area contributed by atoms with Crippen molar-refractivity contribution in [2.24, 2.45) is 23.3 Å². The maximum atomic E-state index is 14.1. The standard InChI is InChI=1S/C42H68N12O15/c1-19(2)32(35(44)62)50-30(59)18-46-40(67)33(20(3)4)51-39(66)26-10-8-14-53(26)41(68)27-11-9-15-54(27)42(69)34(22(6)55)52-38(65)25(16-31(60)61)49-36(63)21(5)47-29(58)17-45-37(64)24(48-23(7)56)12-13-28(43)57/h19-22,24-27,32-34,55H,8-18H2,1-7H3,(H2,43,57)(H2,44,62)(H,45,64)(H,46,67)(H,47,58)(H,48,56)(H,49,63)(H,50,59)(H,51,66)(H,52,65)(H,60,61)/t21-,22+,24-,25-,26-,27-,32-,33-,34-/m0/s1. The lowest BCUT2D eigenvalue weighted by Gasteiger charge is -2.34. The number of hydrogen-bond donors (Lipinski definition) is 12. The van der Waals surface area contributed by atoms with Gasteiger partial charge in [-0.25, -0.2) is 0 Å². The topological polar surface area (TPSA) is 417 Å². The molecule has 0 aliphatic carbocycles. The molecular weight excluding hydrogens is 913 g/mol. The zero-order chi connectivity index (χ0) is 52.4. The maximum absolute atomic E-state index is 14.1. The molecule has 0 unspecified atom stereocenters. The van der Waals surface area contributed by atoms with Crippen LogP contribution in [0.4, 0.5) is 0 Å². The van der Waals surface area contributed by atoms with Crippen molar-refractivity contribution < 1.29 is 72.5 Å². The van der Waals surface area contributed by atoms with Crippen LogP contribution in [-0.4, -0.2) is 177 Å². The summed E-state index contributed by atoms with van der Waals surface area (Å²) in [4.78, 5) is 168. The molecular formula is C42H68N12O15. The highest BCUT2D eigenvalue weighted by molar-refractivity contribution is 5.99. The molecule has 0 aromatic carbocycles. The Morgan fingerprint density at radius 3 is 1.68 bits per heavy atom. The minimum absolute atomic E-state index is 0.00616. The molecule has 0 bridgehead atoms. The first kappa shape index (κ1) is 58.2. The minimum atomic E-state index is -1.86. The van der Waals surface area contributed by atoms with Crippen LogP contribution in [0, 0.1) is 11.8 Å². The number of hydrogen-bond acceptors (Lipinski definition) is 14. The van der Waals surface area contributed by atoms with Crippen molar-refractivity contribution in [3.8, 4) is 0 Å². The Labute approximate surface area is 398 Å². The number of nitrogens with zero attached hydrogens (tertiary/aromatic N) is 2. The molecule has 0 saturated carbocycles. The Hall–Kier alpha value is -6.93. The molecule has 2 saturated heterocycles. The van der Waals surface area contributed by atoms with Gasteiger partial charge in [0.2, 0.25) is 70.9 Å². The fraction of sp³-hybridized carbons (Fsp3) is 0.690. The van der Waals surface area contributed by atoms with Crippen molar-refractivity contribution in [3.63, 3.8) is 0 Å². The lowest BCUT2D eigenvalue weighted by atomic mass is 10.0. The zero-order valence-corrected chi connectivity index (χ0v) is 39.9. The molecule has 2 heterocycles. The number of carboxylic acid groups (broad SMARTS) is 1. The van der Waals surface area contributed by atoms with Gasteiger partial charge < -0.3 is 74.0 Å². The van der Waals surface area contributed by atoms with Crippen molar-refractivity contribution in [2.75, 3.05) is 26.2 Å². The van der Waals surface area contributed by atoms with Crippen molar-refractivity contribution in [1.29, 1.82) is 0 Å². The normalized spacial score (nSPS) is 18.5. The molecule has 2 aliphatic rings. The van der Waals surface area contributed by atoms with E-state index in [1.165, 1.54) is 11.8 Å². The second-order valence-corrected chi connectivity index (χ2v) is 17.7. The number of nitrogens with two attached hydrogens (primary N) is 2. The minimum Gasteiger partial charge on any atom is -0.481 e. The molecule has 0 aromatic heterocycles. The average molecular weight is 981 g/mol. The number of carboxylic acids is 1. The van der Waals surface area contributed by atoms with Gasteiger partial charge in [0.25, 0.3) is 0 Å². The summed E-state index contributed by atoms with van der Waals surface area (Å²) < 4.78 is 0.